The summed E-state index contributed by atoms with van der Waals surface area (Å²) in [6.07, 6.45) is 2.01. The fraction of sp³-hybridized carbons (Fsp3) is 0.370. The van der Waals surface area contributed by atoms with Crippen LogP contribution in [0.15, 0.2) is 42.5 Å². The van der Waals surface area contributed by atoms with Gasteiger partial charge in [-0.15, -0.1) is 0 Å². The van der Waals surface area contributed by atoms with Crippen LogP contribution in [0.4, 0.5) is 17.5 Å². The quantitative estimate of drug-likeness (QED) is 0.346. The fourth-order valence-corrected chi connectivity index (χ4v) is 4.59. The number of hydrogen-bond donors (Lipinski definition) is 2. The van der Waals surface area contributed by atoms with Crippen LogP contribution in [-0.2, 0) is 11.2 Å². The second kappa shape index (κ2) is 10.8. The van der Waals surface area contributed by atoms with Gasteiger partial charge in [-0.25, -0.2) is 9.97 Å². The third-order valence-corrected chi connectivity index (χ3v) is 6.51. The number of aromatic nitrogens is 4. The zero-order valence-electron chi connectivity index (χ0n) is 21.0. The molecule has 8 nitrogen and oxygen atoms in total. The van der Waals surface area contributed by atoms with Gasteiger partial charge in [0.05, 0.1) is 29.9 Å². The highest BCUT2D eigenvalue weighted by molar-refractivity contribution is 6.30. The number of benzene rings is 2. The number of nitrogens with zero attached hydrogens (tertiary/aromatic N) is 5. The van der Waals surface area contributed by atoms with Crippen LogP contribution in [0, 0.1) is 6.92 Å². The van der Waals surface area contributed by atoms with Gasteiger partial charge in [-0.3, -0.25) is 0 Å². The number of aryl methyl sites for hydroxylation is 2. The Kier molecular flexibility index (Phi) is 7.36. The number of morpholine rings is 1. The van der Waals surface area contributed by atoms with Crippen LogP contribution in [-0.4, -0.2) is 71.8 Å². The molecule has 1 aliphatic heterocycles. The highest BCUT2D eigenvalue weighted by Crippen LogP contribution is 2.30. The number of rotatable bonds is 8. The second-order valence-corrected chi connectivity index (χ2v) is 9.87. The molecule has 3 heterocycles. The van der Waals surface area contributed by atoms with Crippen molar-refractivity contribution in [2.24, 2.45) is 0 Å². The molecule has 0 atom stereocenters. The van der Waals surface area contributed by atoms with Crippen molar-refractivity contribution in [2.45, 2.75) is 19.8 Å². The first-order chi connectivity index (χ1) is 17.4. The van der Waals surface area contributed by atoms with E-state index in [0.29, 0.717) is 24.2 Å². The molecule has 0 aliphatic carbocycles. The van der Waals surface area contributed by atoms with Crippen molar-refractivity contribution in [1.29, 1.82) is 0 Å². The molecule has 0 saturated carbocycles. The van der Waals surface area contributed by atoms with Crippen LogP contribution in [0.25, 0.3) is 22.3 Å². The molecule has 0 unspecified atom stereocenters. The lowest BCUT2D eigenvalue weighted by atomic mass is 10.0. The molecule has 9 heteroatoms. The van der Waals surface area contributed by atoms with Crippen LogP contribution >= 0.6 is 11.6 Å². The first-order valence-electron chi connectivity index (χ1n) is 12.3. The number of imidazole rings is 1. The van der Waals surface area contributed by atoms with E-state index < -0.39 is 0 Å². The minimum Gasteiger partial charge on any atom is -0.378 e. The molecule has 36 heavy (non-hydrogen) atoms. The van der Waals surface area contributed by atoms with E-state index >= 15 is 0 Å². The zero-order valence-corrected chi connectivity index (χ0v) is 21.8. The molecule has 0 bridgehead atoms. The molecule has 188 valence electrons. The number of H-pyrrole nitrogens is 1. The Labute approximate surface area is 216 Å². The molecule has 0 amide bonds. The van der Waals surface area contributed by atoms with Crippen molar-refractivity contribution < 1.29 is 4.74 Å². The van der Waals surface area contributed by atoms with Gasteiger partial charge in [0.25, 0.3) is 0 Å². The summed E-state index contributed by atoms with van der Waals surface area (Å²) in [7, 11) is 4.21. The second-order valence-electron chi connectivity index (χ2n) is 9.43. The van der Waals surface area contributed by atoms with Crippen LogP contribution in [0.5, 0.6) is 0 Å². The van der Waals surface area contributed by atoms with Crippen LogP contribution < -0.4 is 10.2 Å². The Morgan fingerprint density at radius 3 is 2.58 bits per heavy atom. The average Bonchev–Trinajstić information content (AvgIpc) is 3.26. The Balaban J connectivity index is 1.55. The lowest BCUT2D eigenvalue weighted by Gasteiger charge is -2.27. The van der Waals surface area contributed by atoms with E-state index in [-0.39, 0.29) is 0 Å². The molecule has 2 aromatic carbocycles. The van der Waals surface area contributed by atoms with Crippen molar-refractivity contribution in [3.8, 4) is 11.3 Å². The third kappa shape index (κ3) is 5.78. The molecular formula is C27H32ClN7O. The molecule has 5 rings (SSSR count). The summed E-state index contributed by atoms with van der Waals surface area (Å²) in [5.74, 6) is 2.35. The summed E-state index contributed by atoms with van der Waals surface area (Å²) < 4.78 is 5.55. The number of halogens is 1. The highest BCUT2D eigenvalue weighted by atomic mass is 35.5. The largest absolute Gasteiger partial charge is 0.378 e. The van der Waals surface area contributed by atoms with Gasteiger partial charge in [0.1, 0.15) is 11.6 Å². The summed E-state index contributed by atoms with van der Waals surface area (Å²) >= 11 is 6.08. The van der Waals surface area contributed by atoms with Crippen LogP contribution in [0.2, 0.25) is 5.02 Å². The monoisotopic (exact) mass is 505 g/mol. The van der Waals surface area contributed by atoms with E-state index in [9.17, 15) is 0 Å². The van der Waals surface area contributed by atoms with Gasteiger partial charge in [0.2, 0.25) is 5.95 Å². The summed E-state index contributed by atoms with van der Waals surface area (Å²) in [4.78, 5) is 22.4. The Morgan fingerprint density at radius 1 is 1.06 bits per heavy atom. The average molecular weight is 506 g/mol. The Hall–Kier alpha value is -3.20. The summed E-state index contributed by atoms with van der Waals surface area (Å²) in [6, 6.07) is 14.0. The topological polar surface area (TPSA) is 82.2 Å². The molecule has 0 spiro atoms. The van der Waals surface area contributed by atoms with Gasteiger partial charge in [-0.1, -0.05) is 11.6 Å². The standard InChI is InChI=1S/C27H32ClN7O/c1-18-29-24-16-20(15-19(26(24)30-18)5-4-10-34(2)3)23-17-25(31-22-8-6-21(28)7-9-22)33-27(32-23)35-11-13-36-14-12-35/h6-9,15-17H,4-5,10-14H2,1-3H3,(H,29,30)(H,31,32,33). The molecule has 0 radical (unpaired) electrons. The first kappa shape index (κ1) is 24.5. The van der Waals surface area contributed by atoms with Gasteiger partial charge in [-0.2, -0.15) is 4.98 Å². The summed E-state index contributed by atoms with van der Waals surface area (Å²) in [5, 5.41) is 4.13. The minimum atomic E-state index is 0.670. The number of ether oxygens (including phenoxy) is 1. The summed E-state index contributed by atoms with van der Waals surface area (Å²) in [6.45, 7) is 5.89. The fourth-order valence-electron chi connectivity index (χ4n) is 4.47. The van der Waals surface area contributed by atoms with E-state index in [1.54, 1.807) is 0 Å². The van der Waals surface area contributed by atoms with Crippen molar-refractivity contribution in [2.75, 3.05) is 57.2 Å². The normalized spacial score (nSPS) is 14.1. The van der Waals surface area contributed by atoms with E-state index in [2.05, 4.69) is 46.3 Å². The van der Waals surface area contributed by atoms with Gasteiger partial charge < -0.3 is 24.8 Å². The van der Waals surface area contributed by atoms with Crippen LogP contribution in [0.3, 0.4) is 0 Å². The lowest BCUT2D eigenvalue weighted by molar-refractivity contribution is 0.122. The maximum absolute atomic E-state index is 6.08. The zero-order chi connectivity index (χ0) is 25.1. The predicted molar refractivity (Wildman–Crippen MR) is 146 cm³/mol. The van der Waals surface area contributed by atoms with Gasteiger partial charge in [0, 0.05) is 35.4 Å². The van der Waals surface area contributed by atoms with Crippen LogP contribution in [0.1, 0.15) is 17.8 Å². The Morgan fingerprint density at radius 2 is 1.83 bits per heavy atom. The van der Waals surface area contributed by atoms with E-state index in [4.69, 9.17) is 31.3 Å². The molecule has 2 N–H and O–H groups in total. The number of fused-ring (bicyclic) bond motifs is 1. The molecule has 1 saturated heterocycles. The number of nitrogens with one attached hydrogen (secondary N) is 2. The number of aromatic amines is 1. The van der Waals surface area contributed by atoms with Crippen molar-refractivity contribution >= 4 is 40.1 Å². The maximum Gasteiger partial charge on any atom is 0.228 e. The van der Waals surface area contributed by atoms with Gasteiger partial charge >= 0.3 is 0 Å². The molecular weight excluding hydrogens is 474 g/mol. The predicted octanol–water partition coefficient (Wildman–Crippen LogP) is 5.06. The van der Waals surface area contributed by atoms with Gasteiger partial charge in [-0.05, 0) is 82.4 Å². The van der Waals surface area contributed by atoms with E-state index in [1.165, 1.54) is 5.56 Å². The van der Waals surface area contributed by atoms with Gasteiger partial charge in [0.15, 0.2) is 0 Å². The smallest absolute Gasteiger partial charge is 0.228 e. The first-order valence-corrected chi connectivity index (χ1v) is 12.7. The van der Waals surface area contributed by atoms with E-state index in [1.807, 2.05) is 37.3 Å². The lowest BCUT2D eigenvalue weighted by Crippen LogP contribution is -2.37. The molecule has 2 aromatic heterocycles. The van der Waals surface area contributed by atoms with E-state index in [0.717, 1.165) is 72.1 Å². The number of anilines is 3. The molecule has 1 fully saturated rings. The minimum absolute atomic E-state index is 0.670. The third-order valence-electron chi connectivity index (χ3n) is 6.26. The molecule has 4 aromatic rings. The number of hydrogen-bond acceptors (Lipinski definition) is 7. The van der Waals surface area contributed by atoms with Crippen molar-refractivity contribution in [3.05, 3.63) is 58.9 Å². The maximum atomic E-state index is 6.08. The SMILES string of the molecule is Cc1nc2c(CCCN(C)C)cc(-c3cc(Nc4ccc(Cl)cc4)nc(N4CCOCC4)n3)cc2[nH]1. The molecule has 1 aliphatic rings. The highest BCUT2D eigenvalue weighted by Gasteiger charge is 2.18. The Bertz CT molecular complexity index is 1330. The van der Waals surface area contributed by atoms with Crippen molar-refractivity contribution in [3.63, 3.8) is 0 Å². The van der Waals surface area contributed by atoms with Crippen molar-refractivity contribution in [1.82, 2.24) is 24.8 Å². The summed E-state index contributed by atoms with van der Waals surface area (Å²) in [5.41, 5.74) is 6.13.